The molecule has 0 saturated heterocycles. The first-order valence-electron chi connectivity index (χ1n) is 21.1. The lowest BCUT2D eigenvalue weighted by atomic mass is 9.73. The smallest absolute Gasteiger partial charge is 0.238 e. The average molecular weight is 786 g/mol. The Kier molecular flexibility index (Phi) is 8.89. The third-order valence-corrected chi connectivity index (χ3v) is 12.3. The molecule has 5 nitrogen and oxygen atoms in total. The number of nitrogens with zero attached hydrogens (tertiary/aromatic N) is 5. The van der Waals surface area contributed by atoms with Crippen molar-refractivity contribution >= 4 is 44.3 Å². The fourth-order valence-corrected chi connectivity index (χ4v) is 9.28. The highest BCUT2D eigenvalue weighted by Crippen LogP contribution is 2.53. The van der Waals surface area contributed by atoms with Crippen LogP contribution in [-0.4, -0.2) is 19.5 Å². The van der Waals surface area contributed by atoms with Gasteiger partial charge in [-0.3, -0.25) is 4.57 Å². The van der Waals surface area contributed by atoms with E-state index in [1.54, 1.807) is 0 Å². The van der Waals surface area contributed by atoms with Gasteiger partial charge >= 0.3 is 0 Å². The van der Waals surface area contributed by atoms with Gasteiger partial charge in [0.15, 0.2) is 11.6 Å². The Balaban J connectivity index is 1.16. The quantitative estimate of drug-likeness (QED) is 0.168. The lowest BCUT2D eigenvalue weighted by Gasteiger charge is -2.42. The topological polar surface area (TPSA) is 46.8 Å². The number of fused-ring (bicyclic) bond motifs is 5. The van der Waals surface area contributed by atoms with Crippen molar-refractivity contribution in [2.24, 2.45) is 0 Å². The zero-order valence-electron chi connectivity index (χ0n) is 34.2. The summed E-state index contributed by atoms with van der Waals surface area (Å²) in [4.78, 5) is 18.0. The van der Waals surface area contributed by atoms with Gasteiger partial charge < -0.3 is 4.90 Å². The Hall–Kier alpha value is -7.63. The maximum Gasteiger partial charge on any atom is 0.238 e. The van der Waals surface area contributed by atoms with Crippen LogP contribution in [0.15, 0.2) is 206 Å². The van der Waals surface area contributed by atoms with Crippen LogP contribution in [0.4, 0.5) is 11.4 Å². The van der Waals surface area contributed by atoms with Gasteiger partial charge in [0.05, 0.1) is 22.4 Å². The standard InChI is InChI=1S/C56H43N5/c1-56(2)47-31-16-18-33-50(47)60(44-29-19-28-42(38-20-7-3-8-21-38)34-43(35-44)39-22-9-4-10-23-39)52-36-46-45-30-15-17-32-49(45)61(51(46)37-48(52)56)55-58-53(40-24-11-5-12-25-40)57-54(59-55)41-26-13-6-14-27-41/h3-18,20-27,29-37H,19,28H2,1-2H3/b42-34-,43-35+,44-29+. The van der Waals surface area contributed by atoms with E-state index in [9.17, 15) is 0 Å². The van der Waals surface area contributed by atoms with Gasteiger partial charge in [-0.2, -0.15) is 9.97 Å². The number of rotatable bonds is 6. The van der Waals surface area contributed by atoms with Gasteiger partial charge in [0, 0.05) is 33.0 Å². The molecule has 0 fully saturated rings. The van der Waals surface area contributed by atoms with Crippen LogP contribution in [0, 0.1) is 0 Å². The molecule has 0 bridgehead atoms. The summed E-state index contributed by atoms with van der Waals surface area (Å²) in [5.74, 6) is 1.86. The maximum atomic E-state index is 5.24. The van der Waals surface area contributed by atoms with Crippen molar-refractivity contribution in [2.45, 2.75) is 32.1 Å². The summed E-state index contributed by atoms with van der Waals surface area (Å²) in [6.45, 7) is 4.72. The number of allylic oxidation sites excluding steroid dienone is 5. The number of benzene rings is 7. The largest absolute Gasteiger partial charge is 0.310 e. The third kappa shape index (κ3) is 6.37. The van der Waals surface area contributed by atoms with Crippen molar-refractivity contribution in [3.05, 3.63) is 228 Å². The minimum Gasteiger partial charge on any atom is -0.310 e. The zero-order chi connectivity index (χ0) is 40.9. The van der Waals surface area contributed by atoms with Gasteiger partial charge in [-0.25, -0.2) is 4.98 Å². The van der Waals surface area contributed by atoms with Gasteiger partial charge in [0.25, 0.3) is 0 Å². The van der Waals surface area contributed by atoms with Gasteiger partial charge in [0.2, 0.25) is 5.95 Å². The molecule has 1 aliphatic carbocycles. The van der Waals surface area contributed by atoms with Gasteiger partial charge in [0.1, 0.15) is 0 Å². The predicted octanol–water partition coefficient (Wildman–Crippen LogP) is 13.9. The SMILES string of the molecule is CC1(C)c2ccccc2N(C2=C/CC/C(c3ccccc3)=C/C(c3ccccc3)=C\2)c2cc3c4ccccc4n(-c4nc(-c5ccccc5)nc(-c5ccccc5)n4)c3cc21. The summed E-state index contributed by atoms with van der Waals surface area (Å²) >= 11 is 0. The summed E-state index contributed by atoms with van der Waals surface area (Å²) in [6, 6.07) is 64.4. The molecule has 0 atom stereocenters. The monoisotopic (exact) mass is 785 g/mol. The van der Waals surface area contributed by atoms with Crippen LogP contribution in [0.25, 0.3) is 61.7 Å². The highest BCUT2D eigenvalue weighted by Gasteiger charge is 2.38. The normalized spacial score (nSPS) is 17.2. The number of aromatic nitrogens is 4. The van der Waals surface area contributed by atoms with E-state index < -0.39 is 0 Å². The lowest BCUT2D eigenvalue weighted by Crippen LogP contribution is -2.32. The fourth-order valence-electron chi connectivity index (χ4n) is 9.28. The van der Waals surface area contributed by atoms with Crippen molar-refractivity contribution in [2.75, 3.05) is 4.90 Å². The first-order valence-corrected chi connectivity index (χ1v) is 21.1. The molecular weight excluding hydrogens is 743 g/mol. The van der Waals surface area contributed by atoms with Crippen LogP contribution < -0.4 is 4.90 Å². The van der Waals surface area contributed by atoms with Crippen LogP contribution >= 0.6 is 0 Å². The van der Waals surface area contributed by atoms with Crippen molar-refractivity contribution in [1.29, 1.82) is 0 Å². The van der Waals surface area contributed by atoms with Crippen LogP contribution in [0.5, 0.6) is 0 Å². The van der Waals surface area contributed by atoms with Crippen molar-refractivity contribution < 1.29 is 0 Å². The Morgan fingerprint density at radius 1 is 0.475 bits per heavy atom. The fraction of sp³-hybridized carbons (Fsp3) is 0.0893. The minimum absolute atomic E-state index is 0.323. The molecule has 0 N–H and O–H groups in total. The molecule has 2 aromatic heterocycles. The van der Waals surface area contributed by atoms with Crippen molar-refractivity contribution in [3.63, 3.8) is 0 Å². The number of hydrogen-bond acceptors (Lipinski definition) is 4. The number of anilines is 2. The summed E-state index contributed by atoms with van der Waals surface area (Å²) in [6.07, 6.45) is 9.06. The second-order valence-corrected chi connectivity index (χ2v) is 16.4. The van der Waals surface area contributed by atoms with E-state index in [4.69, 9.17) is 15.0 Å². The van der Waals surface area contributed by atoms with E-state index in [1.807, 2.05) is 36.4 Å². The first-order chi connectivity index (χ1) is 30.0. The molecule has 11 rings (SSSR count). The molecule has 0 saturated carbocycles. The molecule has 0 spiro atoms. The van der Waals surface area contributed by atoms with E-state index in [2.05, 4.69) is 187 Å². The highest BCUT2D eigenvalue weighted by atomic mass is 15.2. The van der Waals surface area contributed by atoms with Crippen LogP contribution in [0.2, 0.25) is 0 Å². The maximum absolute atomic E-state index is 5.24. The van der Waals surface area contributed by atoms with Gasteiger partial charge in [-0.1, -0.05) is 184 Å². The molecule has 2 aliphatic rings. The van der Waals surface area contributed by atoms with Crippen LogP contribution in [0.1, 0.15) is 48.9 Å². The third-order valence-electron chi connectivity index (χ3n) is 12.3. The molecule has 292 valence electrons. The Morgan fingerprint density at radius 3 is 1.72 bits per heavy atom. The second-order valence-electron chi connectivity index (χ2n) is 16.4. The predicted molar refractivity (Wildman–Crippen MR) is 252 cm³/mol. The molecule has 61 heavy (non-hydrogen) atoms. The molecule has 9 aromatic rings. The number of hydrogen-bond donors (Lipinski definition) is 0. The van der Waals surface area contributed by atoms with E-state index in [1.165, 1.54) is 44.8 Å². The molecule has 0 amide bonds. The van der Waals surface area contributed by atoms with E-state index in [0.29, 0.717) is 17.6 Å². The van der Waals surface area contributed by atoms with Gasteiger partial charge in [-0.05, 0) is 76.6 Å². The van der Waals surface area contributed by atoms with Crippen molar-refractivity contribution in [3.8, 4) is 28.7 Å². The Morgan fingerprint density at radius 2 is 1.05 bits per heavy atom. The van der Waals surface area contributed by atoms with E-state index >= 15 is 0 Å². The van der Waals surface area contributed by atoms with Crippen LogP contribution in [-0.2, 0) is 5.41 Å². The first kappa shape index (κ1) is 36.4. The summed E-state index contributed by atoms with van der Waals surface area (Å²) in [5.41, 5.74) is 14.7. The van der Waals surface area contributed by atoms with E-state index in [-0.39, 0.29) is 5.41 Å². The second kappa shape index (κ2) is 14.9. The highest BCUT2D eigenvalue weighted by molar-refractivity contribution is 6.11. The molecular formula is C56H43N5. The summed E-state index contributed by atoms with van der Waals surface area (Å²) < 4.78 is 2.24. The molecule has 5 heteroatoms. The minimum atomic E-state index is -0.323. The summed E-state index contributed by atoms with van der Waals surface area (Å²) in [5, 5.41) is 2.28. The molecule has 0 radical (unpaired) electrons. The molecule has 3 heterocycles. The molecule has 7 aromatic carbocycles. The molecule has 1 aliphatic heterocycles. The van der Waals surface area contributed by atoms with Gasteiger partial charge in [-0.15, -0.1) is 0 Å². The molecule has 0 unspecified atom stereocenters. The summed E-state index contributed by atoms with van der Waals surface area (Å²) in [7, 11) is 0. The van der Waals surface area contributed by atoms with Crippen LogP contribution in [0.3, 0.4) is 0 Å². The Bertz CT molecular complexity index is 3140. The zero-order valence-corrected chi connectivity index (χ0v) is 34.2. The van der Waals surface area contributed by atoms with Crippen molar-refractivity contribution in [1.82, 2.24) is 19.5 Å². The number of para-hydroxylation sites is 2. The Labute approximate surface area is 356 Å². The van der Waals surface area contributed by atoms with E-state index in [0.717, 1.165) is 51.5 Å². The average Bonchev–Trinajstić information content (AvgIpc) is 3.63. The lowest BCUT2D eigenvalue weighted by molar-refractivity contribution is 0.631.